The van der Waals surface area contributed by atoms with E-state index in [2.05, 4.69) is 60.8 Å². The maximum absolute atomic E-state index is 13.8. The molecule has 0 fully saturated rings. The van der Waals surface area contributed by atoms with E-state index in [1.54, 1.807) is 0 Å². The van der Waals surface area contributed by atoms with Gasteiger partial charge in [0, 0.05) is 22.8 Å². The molecule has 3 unspecified atom stereocenters. The number of para-hydroxylation sites is 2. The number of nitrogens with one attached hydrogen (secondary N) is 3. The molecule has 210 valence electrons. The number of nitrogens with zero attached hydrogens (tertiary/aromatic N) is 2. The fraction of sp³-hybridized carbons (Fsp3) is 0.344. The smallest absolute Gasteiger partial charge is 0.302 e. The van der Waals surface area contributed by atoms with Gasteiger partial charge in [-0.05, 0) is 56.4 Å². The second-order valence-electron chi connectivity index (χ2n) is 10.2. The Labute approximate surface area is 241 Å². The van der Waals surface area contributed by atoms with E-state index in [0.29, 0.717) is 46.3 Å². The van der Waals surface area contributed by atoms with Crippen molar-refractivity contribution in [3.8, 4) is 0 Å². The molecule has 0 saturated heterocycles. The third-order valence-corrected chi connectivity index (χ3v) is 7.84. The van der Waals surface area contributed by atoms with Crippen molar-refractivity contribution in [1.82, 2.24) is 15.6 Å². The van der Waals surface area contributed by atoms with Crippen LogP contribution in [-0.4, -0.2) is 23.4 Å². The monoisotopic (exact) mass is 559 g/mol. The molecule has 0 radical (unpaired) electrons. The first-order valence-corrected chi connectivity index (χ1v) is 14.1. The highest BCUT2D eigenvalue weighted by Gasteiger charge is 2.31. The van der Waals surface area contributed by atoms with Crippen molar-refractivity contribution in [2.24, 2.45) is 16.8 Å². The van der Waals surface area contributed by atoms with E-state index in [-0.39, 0.29) is 11.8 Å². The van der Waals surface area contributed by atoms with E-state index < -0.39 is 6.04 Å². The summed E-state index contributed by atoms with van der Waals surface area (Å²) < 4.78 is 5.83. The number of guanidine groups is 1. The molecule has 1 aliphatic rings. The number of allylic oxidation sites excluding steroid dienone is 4. The van der Waals surface area contributed by atoms with Crippen LogP contribution in [0.4, 0.5) is 6.01 Å². The number of hydrogen-bond donors (Lipinski definition) is 3. The van der Waals surface area contributed by atoms with Crippen molar-refractivity contribution >= 4 is 40.6 Å². The van der Waals surface area contributed by atoms with Crippen LogP contribution < -0.4 is 16.0 Å². The quantitative estimate of drug-likeness (QED) is 0.235. The third kappa shape index (κ3) is 6.65. The summed E-state index contributed by atoms with van der Waals surface area (Å²) in [6.45, 7) is 13.0. The highest BCUT2D eigenvalue weighted by atomic mass is 35.5. The number of carbonyl (C=O) groups excluding carboxylic acids is 1. The largest absolute Gasteiger partial charge is 0.423 e. The van der Waals surface area contributed by atoms with Gasteiger partial charge >= 0.3 is 6.01 Å². The minimum absolute atomic E-state index is 0.194. The minimum Gasteiger partial charge on any atom is -0.423 e. The summed E-state index contributed by atoms with van der Waals surface area (Å²) in [7, 11) is 0. The van der Waals surface area contributed by atoms with E-state index in [9.17, 15) is 4.79 Å². The fourth-order valence-corrected chi connectivity index (χ4v) is 4.88. The molecule has 40 heavy (non-hydrogen) atoms. The molecule has 1 amide bonds. The van der Waals surface area contributed by atoms with Crippen LogP contribution in [0.25, 0.3) is 11.1 Å². The van der Waals surface area contributed by atoms with Gasteiger partial charge in [-0.15, -0.1) is 0 Å². The second-order valence-corrected chi connectivity index (χ2v) is 10.6. The predicted octanol–water partition coefficient (Wildman–Crippen LogP) is 7.56. The zero-order valence-corrected chi connectivity index (χ0v) is 24.8. The fourth-order valence-electron chi connectivity index (χ4n) is 4.64. The van der Waals surface area contributed by atoms with Gasteiger partial charge in [-0.1, -0.05) is 86.8 Å². The number of rotatable bonds is 9. The maximum Gasteiger partial charge on any atom is 0.302 e. The first-order chi connectivity index (χ1) is 19.2. The van der Waals surface area contributed by atoms with Crippen molar-refractivity contribution in [2.75, 3.05) is 11.9 Å². The highest BCUT2D eigenvalue weighted by molar-refractivity contribution is 6.31. The zero-order valence-electron chi connectivity index (χ0n) is 24.0. The van der Waals surface area contributed by atoms with Crippen LogP contribution in [0, 0.1) is 11.8 Å². The van der Waals surface area contributed by atoms with E-state index in [1.807, 2.05) is 62.4 Å². The van der Waals surface area contributed by atoms with Crippen LogP contribution in [0.3, 0.4) is 0 Å². The second kappa shape index (κ2) is 13.0. The van der Waals surface area contributed by atoms with E-state index in [1.165, 1.54) is 11.1 Å². The molecule has 2 heterocycles. The summed E-state index contributed by atoms with van der Waals surface area (Å²) in [4.78, 5) is 23.1. The van der Waals surface area contributed by atoms with Gasteiger partial charge in [-0.2, -0.15) is 4.98 Å². The standard InChI is InChI=1S/C32H38ClN5O2/c1-7-19(3)17-23(21(5)20(4)8-2)18-34-30(39)28-22(6)35-31(37-29(28)24-13-9-10-14-25(24)33)38-32-36-26-15-11-12-16-27(26)40-32/h8-17,19,21,29H,7,18H2,1-6H3,(H,34,39)(H2,35,36,37,38)/b20-8-,23-17-. The van der Waals surface area contributed by atoms with Gasteiger partial charge in [-0.25, -0.2) is 4.99 Å². The van der Waals surface area contributed by atoms with Gasteiger partial charge in [0.05, 0.1) is 5.57 Å². The lowest BCUT2D eigenvalue weighted by molar-refractivity contribution is -0.117. The van der Waals surface area contributed by atoms with Gasteiger partial charge in [0.1, 0.15) is 11.6 Å². The molecular weight excluding hydrogens is 522 g/mol. The molecule has 2 aromatic carbocycles. The Morgan fingerprint density at radius 1 is 1.18 bits per heavy atom. The molecule has 1 aliphatic heterocycles. The molecular formula is C32H38ClN5O2. The third-order valence-electron chi connectivity index (χ3n) is 7.50. The van der Waals surface area contributed by atoms with Crippen molar-refractivity contribution in [3.63, 3.8) is 0 Å². The summed E-state index contributed by atoms with van der Waals surface area (Å²) in [6.07, 6.45) is 5.44. The average Bonchev–Trinajstić information content (AvgIpc) is 3.36. The summed E-state index contributed by atoms with van der Waals surface area (Å²) >= 11 is 6.62. The molecule has 1 aromatic heterocycles. The van der Waals surface area contributed by atoms with E-state index in [4.69, 9.17) is 21.0 Å². The van der Waals surface area contributed by atoms with Crippen LogP contribution in [-0.2, 0) is 4.79 Å². The normalized spacial score (nSPS) is 17.8. The first kappa shape index (κ1) is 29.2. The zero-order chi connectivity index (χ0) is 28.8. The molecule has 3 atom stereocenters. The van der Waals surface area contributed by atoms with Crippen molar-refractivity contribution < 1.29 is 9.21 Å². The number of aromatic nitrogens is 1. The summed E-state index contributed by atoms with van der Waals surface area (Å²) in [5.74, 6) is 0.862. The molecule has 0 aliphatic carbocycles. The Morgan fingerprint density at radius 2 is 1.90 bits per heavy atom. The van der Waals surface area contributed by atoms with Crippen LogP contribution >= 0.6 is 11.6 Å². The summed E-state index contributed by atoms with van der Waals surface area (Å²) in [5.41, 5.74) is 5.78. The van der Waals surface area contributed by atoms with Gasteiger partial charge in [-0.3, -0.25) is 10.1 Å². The molecule has 0 saturated carbocycles. The molecule has 7 nitrogen and oxygen atoms in total. The Bertz CT molecular complexity index is 1470. The lowest BCUT2D eigenvalue weighted by Crippen LogP contribution is -2.39. The summed E-state index contributed by atoms with van der Waals surface area (Å²) in [6, 6.07) is 14.7. The minimum atomic E-state index is -0.626. The Kier molecular flexibility index (Phi) is 9.48. The van der Waals surface area contributed by atoms with E-state index in [0.717, 1.165) is 17.5 Å². The number of anilines is 1. The predicted molar refractivity (Wildman–Crippen MR) is 164 cm³/mol. The van der Waals surface area contributed by atoms with Crippen molar-refractivity contribution in [1.29, 1.82) is 0 Å². The molecule has 3 aromatic rings. The maximum atomic E-state index is 13.8. The molecule has 0 bridgehead atoms. The number of halogens is 1. The van der Waals surface area contributed by atoms with Crippen molar-refractivity contribution in [2.45, 2.75) is 54.0 Å². The number of benzene rings is 2. The number of amides is 1. The van der Waals surface area contributed by atoms with Crippen molar-refractivity contribution in [3.05, 3.63) is 93.7 Å². The Hall–Kier alpha value is -3.84. The van der Waals surface area contributed by atoms with Gasteiger partial charge < -0.3 is 15.1 Å². The van der Waals surface area contributed by atoms with E-state index >= 15 is 0 Å². The van der Waals surface area contributed by atoms with Crippen LogP contribution in [0.2, 0.25) is 5.02 Å². The first-order valence-electron chi connectivity index (χ1n) is 13.8. The molecule has 3 N–H and O–H groups in total. The van der Waals surface area contributed by atoms with Crippen LogP contribution in [0.1, 0.15) is 59.6 Å². The lowest BCUT2D eigenvalue weighted by Gasteiger charge is -2.27. The number of oxazole rings is 1. The van der Waals surface area contributed by atoms with Gasteiger partial charge in [0.25, 0.3) is 5.91 Å². The van der Waals surface area contributed by atoms with Crippen LogP contribution in [0.15, 0.2) is 92.5 Å². The topological polar surface area (TPSA) is 91.6 Å². The van der Waals surface area contributed by atoms with Gasteiger partial charge in [0.15, 0.2) is 5.58 Å². The molecule has 0 spiro atoms. The molecule has 8 heteroatoms. The Balaban J connectivity index is 1.63. The number of carbonyl (C=O) groups is 1. The Morgan fingerprint density at radius 3 is 2.60 bits per heavy atom. The number of fused-ring (bicyclic) bond motifs is 1. The summed E-state index contributed by atoms with van der Waals surface area (Å²) in [5, 5.41) is 10.1. The van der Waals surface area contributed by atoms with Crippen LogP contribution in [0.5, 0.6) is 0 Å². The molecule has 4 rings (SSSR count). The number of aliphatic imine (C=N–C) groups is 1. The SMILES string of the molecule is C/C=C(/C)C(C)/C(=C\C(C)CC)CNC(=O)C1=C(C)NC(Nc2nc3ccccc3o2)=NC1c1ccccc1Cl. The lowest BCUT2D eigenvalue weighted by atomic mass is 9.90. The number of hydrogen-bond acceptors (Lipinski definition) is 6. The van der Waals surface area contributed by atoms with Gasteiger partial charge in [0.2, 0.25) is 5.96 Å². The average molecular weight is 560 g/mol. The highest BCUT2D eigenvalue weighted by Crippen LogP contribution is 2.35.